The van der Waals surface area contributed by atoms with Gasteiger partial charge in [-0.3, -0.25) is 14.4 Å². The number of ketones is 2. The summed E-state index contributed by atoms with van der Waals surface area (Å²) in [4.78, 5) is 38.5. The zero-order valence-electron chi connectivity index (χ0n) is 43.4. The molecule has 0 aromatic heterocycles. The summed E-state index contributed by atoms with van der Waals surface area (Å²) in [7, 11) is 3.49. The number of ether oxygens (including phenoxy) is 2. The minimum atomic E-state index is -0.181. The van der Waals surface area contributed by atoms with Crippen LogP contribution in [0.5, 0.6) is 23.0 Å². The molecule has 0 unspecified atom stereocenters. The van der Waals surface area contributed by atoms with Crippen LogP contribution in [-0.4, -0.2) is 47.4 Å². The number of carbonyl (C=O) groups excluding carboxylic acids is 3. The van der Waals surface area contributed by atoms with E-state index >= 15 is 0 Å². The van der Waals surface area contributed by atoms with E-state index in [2.05, 4.69) is 109 Å². The summed E-state index contributed by atoms with van der Waals surface area (Å²) in [5.74, 6) is 4.17. The maximum Gasteiger partial charge on any atom is 1.00 e. The second kappa shape index (κ2) is 27.7. The van der Waals surface area contributed by atoms with E-state index in [0.717, 1.165) is 54.7 Å². The minimum absolute atomic E-state index is 0. The van der Waals surface area contributed by atoms with Crippen LogP contribution in [0.15, 0.2) is 24.3 Å². The van der Waals surface area contributed by atoms with Crippen molar-refractivity contribution >= 4 is 40.6 Å². The van der Waals surface area contributed by atoms with E-state index in [4.69, 9.17) is 19.5 Å². The van der Waals surface area contributed by atoms with Crippen molar-refractivity contribution in [1.82, 2.24) is 0 Å². The van der Waals surface area contributed by atoms with E-state index in [-0.39, 0.29) is 173 Å². The molecule has 8 rings (SSSR count). The van der Waals surface area contributed by atoms with Crippen molar-refractivity contribution in [3.8, 4) is 23.0 Å². The number of halogens is 1. The Morgan fingerprint density at radius 3 is 1.33 bits per heavy atom. The predicted molar refractivity (Wildman–Crippen MR) is 257 cm³/mol. The average Bonchev–Trinajstić information content (AvgIpc) is 3.23. The molecule has 6 saturated carbocycles. The molecule has 6 atom stereocenters. The third-order valence-electron chi connectivity index (χ3n) is 15.6. The number of carbonyl (C=O) groups is 3. The summed E-state index contributed by atoms with van der Waals surface area (Å²) in [6, 6.07) is 8.08. The molecular weight excluding hydrogens is 974 g/mol. The van der Waals surface area contributed by atoms with E-state index in [9.17, 15) is 19.8 Å². The molecule has 0 amide bonds. The molecule has 12 heteroatoms. The van der Waals surface area contributed by atoms with Crippen LogP contribution in [0.3, 0.4) is 0 Å². The summed E-state index contributed by atoms with van der Waals surface area (Å²) < 4.78 is 11.8. The summed E-state index contributed by atoms with van der Waals surface area (Å²) in [5, 5.41) is 30.1. The monoisotopic (exact) mass is 1050 g/mol. The van der Waals surface area contributed by atoms with Crippen molar-refractivity contribution in [2.45, 2.75) is 182 Å². The van der Waals surface area contributed by atoms with Gasteiger partial charge in [0.25, 0.3) is 6.47 Å². The van der Waals surface area contributed by atoms with Crippen LogP contribution in [0, 0.1) is 34.5 Å². The Bertz CT molecular complexity index is 1770. The number of unbranched alkanes of at least 4 members (excludes halogenated alkanes) is 6. The Labute approximate surface area is 487 Å². The van der Waals surface area contributed by atoms with Gasteiger partial charge in [0.2, 0.25) is 0 Å². The second-order valence-electron chi connectivity index (χ2n) is 20.8. The third kappa shape index (κ3) is 14.5. The van der Waals surface area contributed by atoms with Crippen molar-refractivity contribution in [3.05, 3.63) is 46.5 Å². The average molecular weight is 1060 g/mol. The Morgan fingerprint density at radius 2 is 1.03 bits per heavy atom. The Kier molecular flexibility index (Phi) is 27.0. The molecular formula is C52H81IK2O9. The minimum Gasteiger partial charge on any atom is -1.00 e. The van der Waals surface area contributed by atoms with Gasteiger partial charge >= 0.3 is 103 Å². The first-order chi connectivity index (χ1) is 29.2. The Hall–Kier alpha value is 0.413. The first-order valence-corrected chi connectivity index (χ1v) is 25.3. The Morgan fingerprint density at radius 1 is 0.688 bits per heavy atom. The fraction of sp³-hybridized carbons (Fsp3) is 0.712. The van der Waals surface area contributed by atoms with Crippen LogP contribution in [0.1, 0.15) is 195 Å². The normalized spacial score (nSPS) is 23.2. The smallest absolute Gasteiger partial charge is 1.00 e. The van der Waals surface area contributed by atoms with Crippen LogP contribution < -0.4 is 118 Å². The van der Waals surface area contributed by atoms with Crippen molar-refractivity contribution in [3.63, 3.8) is 0 Å². The Balaban J connectivity index is 0.00000108. The molecule has 0 saturated heterocycles. The quantitative estimate of drug-likeness (QED) is 0.0353. The largest absolute Gasteiger partial charge is 1.00 e. The van der Waals surface area contributed by atoms with E-state index < -0.39 is 0 Å². The maximum absolute atomic E-state index is 12.7. The number of aromatic hydroxyl groups is 2. The fourth-order valence-corrected chi connectivity index (χ4v) is 11.4. The number of hydrogen-bond donors (Lipinski definition) is 2. The molecule has 0 aliphatic heterocycles. The predicted octanol–water partition coefficient (Wildman–Crippen LogP) is 6.34. The fourth-order valence-electron chi connectivity index (χ4n) is 11.4. The van der Waals surface area contributed by atoms with E-state index in [1.165, 1.54) is 50.5 Å². The number of fused-ring (bicyclic) bond motifs is 4. The van der Waals surface area contributed by atoms with Gasteiger partial charge in [0, 0.05) is 47.6 Å². The SMILES string of the molecule is CCCCCCC(C)(C)c1cc(O)c([C@H]2CC(=O)[C@H]3C[C@@H]2C3(C)C)c(O)c1.CCCCCCC(C)(C)c1cc(OC)c([C@H]2CC(=O)[C@H]3C[C@@H]2C3(C)C)c(OC)c1.CI.O=CO[O-].[H-].[K+].[K+]. The van der Waals surface area contributed by atoms with Crippen LogP contribution in [0.25, 0.3) is 0 Å². The van der Waals surface area contributed by atoms with E-state index in [1.807, 2.05) is 17.1 Å². The molecule has 9 nitrogen and oxygen atoms in total. The van der Waals surface area contributed by atoms with Gasteiger partial charge in [-0.2, -0.15) is 0 Å². The summed E-state index contributed by atoms with van der Waals surface area (Å²) in [6.45, 7) is 22.1. The topological polar surface area (TPSA) is 142 Å². The van der Waals surface area contributed by atoms with E-state index in [0.29, 0.717) is 36.0 Å². The number of Topliss-reactive ketones (excluding diaryl/α,β-unsaturated/α-hetero) is 2. The first-order valence-electron chi connectivity index (χ1n) is 23.2. The molecule has 0 heterocycles. The molecule has 6 fully saturated rings. The van der Waals surface area contributed by atoms with Crippen molar-refractivity contribution < 1.29 is 148 Å². The summed E-state index contributed by atoms with van der Waals surface area (Å²) >= 11 is 2.15. The first kappa shape index (κ1) is 62.4. The molecule has 0 spiro atoms. The van der Waals surface area contributed by atoms with Gasteiger partial charge in [-0.15, -0.1) is 0 Å². The van der Waals surface area contributed by atoms with Crippen LogP contribution in [0.2, 0.25) is 0 Å². The van der Waals surface area contributed by atoms with Gasteiger partial charge in [-0.1, -0.05) is 143 Å². The summed E-state index contributed by atoms with van der Waals surface area (Å²) in [6.07, 6.45) is 15.1. The number of benzene rings is 2. The third-order valence-corrected chi connectivity index (χ3v) is 15.6. The van der Waals surface area contributed by atoms with Gasteiger partial charge in [-0.05, 0) is 99.5 Å². The zero-order chi connectivity index (χ0) is 46.8. The van der Waals surface area contributed by atoms with Gasteiger partial charge in [0.1, 0.15) is 34.6 Å². The number of methoxy groups -OCH3 is 2. The molecule has 6 aliphatic rings. The number of hydrogen-bond acceptors (Lipinski definition) is 9. The van der Waals surface area contributed by atoms with Gasteiger partial charge < -0.3 is 31.3 Å². The van der Waals surface area contributed by atoms with Gasteiger partial charge in [-0.25, -0.2) is 0 Å². The molecule has 6 aliphatic carbocycles. The van der Waals surface area contributed by atoms with E-state index in [1.54, 1.807) is 14.2 Å². The molecule has 64 heavy (non-hydrogen) atoms. The molecule has 2 aromatic rings. The van der Waals surface area contributed by atoms with Crippen LogP contribution in [0.4, 0.5) is 0 Å². The van der Waals surface area contributed by atoms with Crippen molar-refractivity contribution in [2.75, 3.05) is 19.2 Å². The standard InChI is InChI=1S/C26H40O3.C24H36O3.CH3I.CH2O3.2K.H/c1-8-9-10-11-12-25(2,3)17-13-22(28-6)24(23(14-17)29-7)18-15-21(27)20-16-19(18)26(20,4)5;1-6-7-8-9-10-23(2,3)15-11-20(26)22(21(27)12-15)16-13-19(25)18-14-17(16)24(18,4)5;1-2;2-1-4-3;;;/h13-14,18-20H,8-12,15-16H2,1-7H3;11-12,16-18,26-27H,6-10,13-14H2,1-5H3;1H3;1,3H;;;/q;;;;2*+1;-1/p-1/t18-,19-,20+;16-,17-,18+;;;;;/m00...../s1. The van der Waals surface area contributed by atoms with Crippen LogP contribution >= 0.6 is 22.6 Å². The zero-order valence-corrected chi connectivity index (χ0v) is 50.8. The summed E-state index contributed by atoms with van der Waals surface area (Å²) in [5.41, 5.74) is 3.95. The number of phenols is 2. The van der Waals surface area contributed by atoms with Crippen molar-refractivity contribution in [1.29, 1.82) is 0 Å². The van der Waals surface area contributed by atoms with Gasteiger partial charge in [0.15, 0.2) is 0 Å². The van der Waals surface area contributed by atoms with Crippen molar-refractivity contribution in [2.24, 2.45) is 34.5 Å². The second-order valence-corrected chi connectivity index (χ2v) is 20.8. The maximum atomic E-state index is 12.7. The number of phenolic OH excluding ortho intramolecular Hbond substituents is 2. The molecule has 2 N–H and O–H groups in total. The molecule has 0 radical (unpaired) electrons. The van der Waals surface area contributed by atoms with Gasteiger partial charge in [0.05, 0.1) is 14.2 Å². The number of rotatable bonds is 17. The molecule has 2 aromatic carbocycles. The number of alkyl halides is 1. The molecule has 4 bridgehead atoms. The van der Waals surface area contributed by atoms with Crippen LogP contribution in [-0.2, 0) is 30.1 Å². The molecule has 352 valence electrons.